The molecule has 0 spiro atoms. The molecule has 0 aliphatic heterocycles. The third-order valence-corrected chi connectivity index (χ3v) is 6.43. The Hall–Kier alpha value is -0.320. The van der Waals surface area contributed by atoms with Gasteiger partial charge in [-0.25, -0.2) is 0 Å². The molecule has 0 radical (unpaired) electrons. The molecule has 3 rings (SSSR count). The number of benzene rings is 2. The molecule has 0 amide bonds. The molecule has 104 valence electrons. The summed E-state index contributed by atoms with van der Waals surface area (Å²) >= 11 is 11.2. The molecule has 0 saturated heterocycles. The molecule has 1 unspecified atom stereocenters. The molecule has 0 fully saturated rings. The lowest BCUT2D eigenvalue weighted by atomic mass is 10.2. The highest BCUT2D eigenvalue weighted by Crippen LogP contribution is 2.41. The maximum absolute atomic E-state index is 3.85. The molecule has 0 bridgehead atoms. The second kappa shape index (κ2) is 5.82. The van der Waals surface area contributed by atoms with E-state index in [1.807, 2.05) is 0 Å². The molecular weight excluding hydrogens is 446 g/mol. The van der Waals surface area contributed by atoms with Crippen LogP contribution in [0, 0.1) is 0 Å². The van der Waals surface area contributed by atoms with Crippen molar-refractivity contribution in [3.8, 4) is 0 Å². The van der Waals surface area contributed by atoms with Gasteiger partial charge in [-0.05, 0) is 50.4 Å². The summed E-state index contributed by atoms with van der Waals surface area (Å²) in [7, 11) is 0. The van der Waals surface area contributed by atoms with E-state index in [0.29, 0.717) is 4.95 Å². The summed E-state index contributed by atoms with van der Waals surface area (Å²) in [5, 5.41) is 2.59. The highest BCUT2D eigenvalue weighted by Gasteiger charge is 2.18. The molecule has 1 atom stereocenters. The fraction of sp³-hybridized carbons (Fsp3) is 0.250. The molecule has 0 aliphatic rings. The van der Waals surface area contributed by atoms with Gasteiger partial charge in [-0.2, -0.15) is 0 Å². The number of aromatic nitrogens is 1. The Morgan fingerprint density at radius 1 is 1.05 bits per heavy atom. The topological polar surface area (TPSA) is 4.93 Å². The normalized spacial score (nSPS) is 13.2. The summed E-state index contributed by atoms with van der Waals surface area (Å²) in [6, 6.07) is 12.9. The SMILES string of the molecule is CCCC(Br)n1c2ccccc2c2ccc(Br)c(Br)c21. The van der Waals surface area contributed by atoms with Crippen molar-refractivity contribution in [1.82, 2.24) is 4.57 Å². The zero-order chi connectivity index (χ0) is 14.3. The van der Waals surface area contributed by atoms with E-state index < -0.39 is 0 Å². The van der Waals surface area contributed by atoms with Gasteiger partial charge in [0.25, 0.3) is 0 Å². The molecule has 0 N–H and O–H groups in total. The van der Waals surface area contributed by atoms with Gasteiger partial charge in [0.1, 0.15) is 0 Å². The van der Waals surface area contributed by atoms with E-state index in [1.165, 1.54) is 21.8 Å². The van der Waals surface area contributed by atoms with Crippen molar-refractivity contribution in [2.75, 3.05) is 0 Å². The van der Waals surface area contributed by atoms with Crippen LogP contribution in [-0.4, -0.2) is 4.57 Å². The van der Waals surface area contributed by atoms with Crippen LogP contribution in [-0.2, 0) is 0 Å². The Kier molecular flexibility index (Phi) is 4.25. The fourth-order valence-corrected chi connectivity index (χ4v) is 4.42. The first-order valence-electron chi connectivity index (χ1n) is 6.65. The third-order valence-electron chi connectivity index (χ3n) is 3.57. The number of fused-ring (bicyclic) bond motifs is 3. The highest BCUT2D eigenvalue weighted by atomic mass is 79.9. The molecular formula is C16H14Br3N. The molecule has 1 nitrogen and oxygen atoms in total. The van der Waals surface area contributed by atoms with Gasteiger partial charge in [0.15, 0.2) is 0 Å². The molecule has 3 aromatic rings. The van der Waals surface area contributed by atoms with Crippen molar-refractivity contribution in [1.29, 1.82) is 0 Å². The lowest BCUT2D eigenvalue weighted by molar-refractivity contribution is 0.656. The summed E-state index contributed by atoms with van der Waals surface area (Å²) in [5.74, 6) is 0. The summed E-state index contributed by atoms with van der Waals surface area (Å²) in [5.41, 5.74) is 2.52. The Labute approximate surface area is 143 Å². The van der Waals surface area contributed by atoms with Crippen LogP contribution in [0.25, 0.3) is 21.8 Å². The summed E-state index contributed by atoms with van der Waals surface area (Å²) < 4.78 is 4.60. The standard InChI is InChI=1S/C16H14Br3N/c1-2-5-14(18)20-13-7-4-3-6-10(13)11-8-9-12(17)15(19)16(11)20/h3-4,6-9,14H,2,5H2,1H3. The zero-order valence-electron chi connectivity index (χ0n) is 11.0. The van der Waals surface area contributed by atoms with Crippen molar-refractivity contribution in [3.05, 3.63) is 45.3 Å². The Bertz CT molecular complexity index is 776. The molecule has 4 heteroatoms. The van der Waals surface area contributed by atoms with Crippen LogP contribution >= 0.6 is 47.8 Å². The van der Waals surface area contributed by atoms with Crippen molar-refractivity contribution >= 4 is 69.6 Å². The average Bonchev–Trinajstić information content (AvgIpc) is 2.78. The van der Waals surface area contributed by atoms with Crippen LogP contribution in [0.15, 0.2) is 45.3 Å². The number of rotatable bonds is 3. The van der Waals surface area contributed by atoms with Gasteiger partial charge in [-0.15, -0.1) is 0 Å². The van der Waals surface area contributed by atoms with E-state index in [4.69, 9.17) is 0 Å². The minimum Gasteiger partial charge on any atom is -0.326 e. The maximum atomic E-state index is 3.85. The number of alkyl halides is 1. The van der Waals surface area contributed by atoms with Crippen LogP contribution in [0.5, 0.6) is 0 Å². The van der Waals surface area contributed by atoms with Crippen molar-refractivity contribution in [3.63, 3.8) is 0 Å². The quantitative estimate of drug-likeness (QED) is 0.371. The van der Waals surface area contributed by atoms with Gasteiger partial charge in [0.2, 0.25) is 0 Å². The number of para-hydroxylation sites is 1. The van der Waals surface area contributed by atoms with Gasteiger partial charge < -0.3 is 4.57 Å². The van der Waals surface area contributed by atoms with Crippen LogP contribution in [0.1, 0.15) is 24.7 Å². The van der Waals surface area contributed by atoms with Crippen molar-refractivity contribution in [2.24, 2.45) is 0 Å². The molecule has 1 aromatic heterocycles. The Morgan fingerprint density at radius 2 is 1.80 bits per heavy atom. The van der Waals surface area contributed by atoms with Gasteiger partial charge in [0, 0.05) is 15.2 Å². The predicted molar refractivity (Wildman–Crippen MR) is 97.7 cm³/mol. The Morgan fingerprint density at radius 3 is 2.55 bits per heavy atom. The smallest absolute Gasteiger partial charge is 0.0895 e. The Balaban J connectivity index is 2.46. The van der Waals surface area contributed by atoms with E-state index in [-0.39, 0.29) is 0 Å². The first kappa shape index (κ1) is 14.6. The van der Waals surface area contributed by atoms with Crippen LogP contribution in [0.3, 0.4) is 0 Å². The summed E-state index contributed by atoms with van der Waals surface area (Å²) in [6.07, 6.45) is 2.25. The van der Waals surface area contributed by atoms with E-state index in [1.54, 1.807) is 0 Å². The van der Waals surface area contributed by atoms with Crippen molar-refractivity contribution in [2.45, 2.75) is 24.7 Å². The molecule has 0 aliphatic carbocycles. The number of hydrogen-bond acceptors (Lipinski definition) is 0. The van der Waals surface area contributed by atoms with Crippen molar-refractivity contribution < 1.29 is 0 Å². The molecule has 0 saturated carbocycles. The average molecular weight is 460 g/mol. The van der Waals surface area contributed by atoms with Gasteiger partial charge in [0.05, 0.1) is 20.5 Å². The number of halogens is 3. The lowest BCUT2D eigenvalue weighted by Crippen LogP contribution is -2.01. The zero-order valence-corrected chi connectivity index (χ0v) is 15.8. The van der Waals surface area contributed by atoms with Crippen LogP contribution < -0.4 is 0 Å². The minimum atomic E-state index is 0.306. The van der Waals surface area contributed by atoms with E-state index in [2.05, 4.69) is 95.7 Å². The fourth-order valence-electron chi connectivity index (χ4n) is 2.68. The first-order valence-corrected chi connectivity index (χ1v) is 9.16. The van der Waals surface area contributed by atoms with E-state index >= 15 is 0 Å². The summed E-state index contributed by atoms with van der Waals surface area (Å²) in [4.78, 5) is 0.306. The number of nitrogens with zero attached hydrogens (tertiary/aromatic N) is 1. The summed E-state index contributed by atoms with van der Waals surface area (Å²) in [6.45, 7) is 2.22. The molecule has 20 heavy (non-hydrogen) atoms. The van der Waals surface area contributed by atoms with E-state index in [9.17, 15) is 0 Å². The van der Waals surface area contributed by atoms with E-state index in [0.717, 1.165) is 21.8 Å². The lowest BCUT2D eigenvalue weighted by Gasteiger charge is -2.15. The largest absolute Gasteiger partial charge is 0.326 e. The predicted octanol–water partition coefficient (Wildman–Crippen LogP) is 7.01. The highest BCUT2D eigenvalue weighted by molar-refractivity contribution is 9.13. The minimum absolute atomic E-state index is 0.306. The number of hydrogen-bond donors (Lipinski definition) is 0. The molecule has 2 aromatic carbocycles. The second-order valence-corrected chi connectivity index (χ2v) is 7.57. The van der Waals surface area contributed by atoms with Gasteiger partial charge in [-0.3, -0.25) is 0 Å². The second-order valence-electron chi connectivity index (χ2n) is 4.87. The molecule has 1 heterocycles. The maximum Gasteiger partial charge on any atom is 0.0895 e. The van der Waals surface area contributed by atoms with Crippen LogP contribution in [0.2, 0.25) is 0 Å². The third kappa shape index (κ3) is 2.26. The first-order chi connectivity index (χ1) is 9.65. The van der Waals surface area contributed by atoms with Gasteiger partial charge >= 0.3 is 0 Å². The van der Waals surface area contributed by atoms with Crippen LogP contribution in [0.4, 0.5) is 0 Å². The van der Waals surface area contributed by atoms with Gasteiger partial charge in [-0.1, -0.05) is 53.5 Å². The monoisotopic (exact) mass is 457 g/mol.